The minimum absolute atomic E-state index is 0. The van der Waals surface area contributed by atoms with E-state index < -0.39 is 30.4 Å². The number of aromatic nitrogens is 1. The Morgan fingerprint density at radius 3 is 2.05 bits per heavy atom. The van der Waals surface area contributed by atoms with Crippen LogP contribution in [0.3, 0.4) is 0 Å². The van der Waals surface area contributed by atoms with E-state index in [0.717, 1.165) is 29.8 Å². The number of nitrogens with one attached hydrogen (secondary N) is 3. The van der Waals surface area contributed by atoms with Crippen molar-refractivity contribution < 1.29 is 71.6 Å². The summed E-state index contributed by atoms with van der Waals surface area (Å²) < 4.78 is 48.4. The van der Waals surface area contributed by atoms with Crippen LogP contribution >= 0.6 is 0 Å². The van der Waals surface area contributed by atoms with Crippen LogP contribution in [0, 0.1) is 5.92 Å². The zero-order chi connectivity index (χ0) is 36.7. The van der Waals surface area contributed by atoms with Gasteiger partial charge in [0.1, 0.15) is 11.9 Å². The van der Waals surface area contributed by atoms with Gasteiger partial charge in [-0.25, -0.2) is 19.4 Å². The molecule has 1 unspecified atom stereocenters. The molecule has 1 heterocycles. The smallest absolute Gasteiger partial charge is 0.490 e. The van der Waals surface area contributed by atoms with E-state index in [-0.39, 0.29) is 31.6 Å². The van der Waals surface area contributed by atoms with Crippen LogP contribution in [0.4, 0.5) is 48.2 Å². The normalized spacial score (nSPS) is 10.6. The number of oxazole rings is 1. The number of aliphatic carboxylic acids is 1. The molecule has 0 spiro atoms. The third-order valence-corrected chi connectivity index (χ3v) is 6.94. The highest BCUT2D eigenvalue weighted by Gasteiger charge is 2.38. The predicted molar refractivity (Wildman–Crippen MR) is 195 cm³/mol. The molecule has 14 nitrogen and oxygen atoms in total. The molecule has 308 valence electrons. The van der Waals surface area contributed by atoms with Crippen molar-refractivity contribution in [3.05, 3.63) is 96.5 Å². The van der Waals surface area contributed by atoms with Crippen LogP contribution in [-0.2, 0) is 16.1 Å². The molecule has 0 fully saturated rings. The summed E-state index contributed by atoms with van der Waals surface area (Å²) in [5.74, 6) is -1.16. The molecule has 3 aromatic carbocycles. The lowest BCUT2D eigenvalue weighted by atomic mass is 10.1. The second-order valence-electron chi connectivity index (χ2n) is 11.3. The van der Waals surface area contributed by atoms with Crippen molar-refractivity contribution in [2.45, 2.75) is 39.6 Å². The van der Waals surface area contributed by atoms with Crippen molar-refractivity contribution in [1.82, 2.24) is 15.2 Å². The molecule has 3 amide bonds. The highest BCUT2D eigenvalue weighted by molar-refractivity contribution is 6.00. The molecular formula is C35H47F6N5O9. The maximum Gasteiger partial charge on any atom is 0.490 e. The number of carbonyl (C=O) groups excluding carboxylic acids is 2. The third-order valence-electron chi connectivity index (χ3n) is 6.94. The first-order chi connectivity index (χ1) is 23.8. The summed E-state index contributed by atoms with van der Waals surface area (Å²) in [5, 5.41) is 15.6. The minimum Gasteiger partial charge on any atom is -0.496 e. The Morgan fingerprint density at radius 2 is 1.53 bits per heavy atom. The Balaban J connectivity index is -0.00000206. The van der Waals surface area contributed by atoms with Crippen LogP contribution < -0.4 is 20.7 Å². The fraction of sp³-hybridized carbons (Fsp3) is 0.314. The summed E-state index contributed by atoms with van der Waals surface area (Å²) in [6.45, 7) is 9.09. The minimum atomic E-state index is -5.08. The molecule has 55 heavy (non-hydrogen) atoms. The molecule has 1 atom stereocenters. The van der Waals surface area contributed by atoms with Crippen LogP contribution in [0.1, 0.15) is 38.0 Å². The molecule has 20 heteroatoms. The Morgan fingerprint density at radius 1 is 0.909 bits per heavy atom. The number of methoxy groups -OCH3 is 1. The topological polar surface area (TPSA) is 218 Å². The number of ether oxygens (including phenoxy) is 2. The Bertz CT molecular complexity index is 1690. The Hall–Kier alpha value is -5.86. The van der Waals surface area contributed by atoms with Crippen LogP contribution in [-0.4, -0.2) is 77.0 Å². The number of benzene rings is 3. The lowest BCUT2D eigenvalue weighted by Crippen LogP contribution is -2.35. The van der Waals surface area contributed by atoms with E-state index in [1.54, 1.807) is 43.6 Å². The van der Waals surface area contributed by atoms with E-state index in [9.17, 15) is 22.8 Å². The van der Waals surface area contributed by atoms with Gasteiger partial charge in [0.15, 0.2) is 12.2 Å². The van der Waals surface area contributed by atoms with Crippen LogP contribution in [0.2, 0.25) is 0 Å². The van der Waals surface area contributed by atoms with Gasteiger partial charge < -0.3 is 45.9 Å². The SMILES string of the molecule is CCN(CC(C)C)CC(OC(=O)NCc1cccc(NC(=O)Nc2ccc(-c3cnco3)c(OC)c2)c1)c1ccccc1.F.F.F.O.O.O=C(O)C(F)(F)F. The van der Waals surface area contributed by atoms with Gasteiger partial charge in [-0.15, -0.1) is 0 Å². The van der Waals surface area contributed by atoms with Gasteiger partial charge in [-0.1, -0.05) is 63.2 Å². The van der Waals surface area contributed by atoms with E-state index in [1.165, 1.54) is 6.39 Å². The summed E-state index contributed by atoms with van der Waals surface area (Å²) in [7, 11) is 1.54. The van der Waals surface area contributed by atoms with Crippen molar-refractivity contribution in [1.29, 1.82) is 0 Å². The van der Waals surface area contributed by atoms with Crippen LogP contribution in [0.5, 0.6) is 5.75 Å². The summed E-state index contributed by atoms with van der Waals surface area (Å²) in [6, 6.07) is 21.8. The number of alkyl halides is 3. The van der Waals surface area contributed by atoms with Gasteiger partial charge >= 0.3 is 24.3 Å². The fourth-order valence-electron chi connectivity index (χ4n) is 4.68. The number of rotatable bonds is 13. The third kappa shape index (κ3) is 18.2. The standard InChI is InChI=1S/C33H39N5O5.C2HF3O2.3FH.2H2O/c1-5-38(20-23(2)3)21-31(25-11-7-6-8-12-25)43-33(40)35-18-24-10-9-13-26(16-24)36-32(39)37-27-14-15-28(29(17-27)41-4)30-19-34-22-42-30;3-2(4,5)1(6)7;;;;;/h6-17,19,22-23,31H,5,18,20-21H2,1-4H3,(H,35,40)(H2,36,37,39);(H,6,7);3*1H;2*1H2. The fourth-order valence-corrected chi connectivity index (χ4v) is 4.68. The van der Waals surface area contributed by atoms with Crippen molar-refractivity contribution in [2.75, 3.05) is 37.4 Å². The molecule has 0 aliphatic rings. The lowest BCUT2D eigenvalue weighted by Gasteiger charge is -2.28. The zero-order valence-electron chi connectivity index (χ0n) is 30.2. The number of hydrogen-bond donors (Lipinski definition) is 4. The molecule has 0 aliphatic heterocycles. The molecule has 0 radical (unpaired) electrons. The second kappa shape index (κ2) is 26.0. The number of carboxylic acid groups (broad SMARTS) is 1. The van der Waals surface area contributed by atoms with E-state index >= 15 is 0 Å². The van der Waals surface area contributed by atoms with E-state index in [0.29, 0.717) is 35.3 Å². The highest BCUT2D eigenvalue weighted by Crippen LogP contribution is 2.32. The van der Waals surface area contributed by atoms with Gasteiger partial charge in [-0.05, 0) is 47.9 Å². The lowest BCUT2D eigenvalue weighted by molar-refractivity contribution is -0.192. The van der Waals surface area contributed by atoms with Gasteiger partial charge in [0, 0.05) is 37.1 Å². The number of nitrogens with zero attached hydrogens (tertiary/aromatic N) is 2. The van der Waals surface area contributed by atoms with E-state index in [4.69, 9.17) is 23.8 Å². The number of hydrogen-bond acceptors (Lipinski definition) is 8. The maximum atomic E-state index is 12.9. The molecule has 4 aromatic rings. The van der Waals surface area contributed by atoms with Crippen molar-refractivity contribution in [3.8, 4) is 17.1 Å². The first-order valence-corrected chi connectivity index (χ1v) is 15.5. The number of carbonyl (C=O) groups is 3. The van der Waals surface area contributed by atoms with Gasteiger partial charge in [0.05, 0.1) is 18.9 Å². The van der Waals surface area contributed by atoms with Gasteiger partial charge in [-0.3, -0.25) is 19.0 Å². The first kappa shape index (κ1) is 53.5. The van der Waals surface area contributed by atoms with Gasteiger partial charge in [0.2, 0.25) is 0 Å². The average molecular weight is 796 g/mol. The van der Waals surface area contributed by atoms with Crippen molar-refractivity contribution in [2.24, 2.45) is 5.92 Å². The number of urea groups is 1. The molecule has 1 aromatic heterocycles. The van der Waals surface area contributed by atoms with Crippen molar-refractivity contribution in [3.63, 3.8) is 0 Å². The first-order valence-electron chi connectivity index (χ1n) is 15.5. The molecule has 8 N–H and O–H groups in total. The maximum absolute atomic E-state index is 12.9. The van der Waals surface area contributed by atoms with E-state index in [1.807, 2.05) is 42.5 Å². The molecule has 0 bridgehead atoms. The number of anilines is 2. The molecule has 0 saturated heterocycles. The summed E-state index contributed by atoms with van der Waals surface area (Å²) >= 11 is 0. The number of likely N-dealkylation sites (N-methyl/N-ethyl adjacent to an activating group) is 1. The number of amides is 3. The summed E-state index contributed by atoms with van der Waals surface area (Å²) in [5.41, 5.74) is 3.59. The van der Waals surface area contributed by atoms with E-state index in [2.05, 4.69) is 46.6 Å². The zero-order valence-corrected chi connectivity index (χ0v) is 30.2. The second-order valence-corrected chi connectivity index (χ2v) is 11.3. The molecule has 0 aliphatic carbocycles. The highest BCUT2D eigenvalue weighted by atomic mass is 19.4. The van der Waals surface area contributed by atoms with Crippen LogP contribution in [0.25, 0.3) is 11.3 Å². The van der Waals surface area contributed by atoms with Crippen molar-refractivity contribution >= 4 is 29.5 Å². The summed E-state index contributed by atoms with van der Waals surface area (Å²) in [4.78, 5) is 40.7. The quantitative estimate of drug-likeness (QED) is 0.110. The largest absolute Gasteiger partial charge is 0.496 e. The van der Waals surface area contributed by atoms with Gasteiger partial charge in [-0.2, -0.15) is 13.2 Å². The average Bonchev–Trinajstić information content (AvgIpc) is 3.62. The van der Waals surface area contributed by atoms with Gasteiger partial charge in [0.25, 0.3) is 0 Å². The number of carboxylic acids is 1. The number of alkyl carbamates (subject to hydrolysis) is 1. The molecule has 4 rings (SSSR count). The van der Waals surface area contributed by atoms with Crippen LogP contribution in [0.15, 0.2) is 89.8 Å². The Labute approximate surface area is 312 Å². The monoisotopic (exact) mass is 795 g/mol. The predicted octanol–water partition coefficient (Wildman–Crippen LogP) is 6.38. The molecular weight excluding hydrogens is 748 g/mol. The molecule has 0 saturated carbocycles. The Kier molecular flexibility index (Phi) is 25.3. The summed E-state index contributed by atoms with van der Waals surface area (Å²) in [6.07, 6.45) is -3.06. The number of halogens is 6.